The van der Waals surface area contributed by atoms with Crippen molar-refractivity contribution >= 4 is 5.69 Å². The summed E-state index contributed by atoms with van der Waals surface area (Å²) in [5.41, 5.74) is 8.19. The zero-order valence-electron chi connectivity index (χ0n) is 9.82. The summed E-state index contributed by atoms with van der Waals surface area (Å²) in [4.78, 5) is 2.34. The van der Waals surface area contributed by atoms with Crippen molar-refractivity contribution in [1.29, 1.82) is 0 Å². The standard InChI is InChI=1S/C13H20N2O/c1-10(14)12-6-5-11(16)9-13(12)15-7-3-2-4-8-15/h5-6,9-10,16H,2-4,7-8,14H2,1H3. The van der Waals surface area contributed by atoms with E-state index < -0.39 is 0 Å². The van der Waals surface area contributed by atoms with Crippen molar-refractivity contribution < 1.29 is 5.11 Å². The summed E-state index contributed by atoms with van der Waals surface area (Å²) >= 11 is 0. The second-order valence-electron chi connectivity index (χ2n) is 4.58. The minimum absolute atomic E-state index is 0.0116. The van der Waals surface area contributed by atoms with Crippen molar-refractivity contribution in [3.63, 3.8) is 0 Å². The number of phenols is 1. The number of nitrogens with zero attached hydrogens (tertiary/aromatic N) is 1. The number of hydrogen-bond donors (Lipinski definition) is 2. The van der Waals surface area contributed by atoms with Crippen molar-refractivity contribution in [2.75, 3.05) is 18.0 Å². The van der Waals surface area contributed by atoms with Crippen LogP contribution in [0.3, 0.4) is 0 Å². The predicted octanol–water partition coefficient (Wildman–Crippen LogP) is 2.40. The van der Waals surface area contributed by atoms with Crippen LogP contribution in [-0.2, 0) is 0 Å². The molecule has 1 heterocycles. The Morgan fingerprint density at radius 2 is 1.94 bits per heavy atom. The van der Waals surface area contributed by atoms with Crippen LogP contribution >= 0.6 is 0 Å². The number of hydrogen-bond acceptors (Lipinski definition) is 3. The first kappa shape index (κ1) is 11.3. The number of rotatable bonds is 2. The topological polar surface area (TPSA) is 49.5 Å². The van der Waals surface area contributed by atoms with Gasteiger partial charge in [-0.25, -0.2) is 0 Å². The van der Waals surface area contributed by atoms with E-state index in [1.807, 2.05) is 19.1 Å². The Kier molecular flexibility index (Phi) is 3.34. The SMILES string of the molecule is CC(N)c1ccc(O)cc1N1CCCCC1. The first-order chi connectivity index (χ1) is 7.68. The van der Waals surface area contributed by atoms with Gasteiger partial charge < -0.3 is 15.7 Å². The van der Waals surface area contributed by atoms with E-state index in [-0.39, 0.29) is 6.04 Å². The average molecular weight is 220 g/mol. The fraction of sp³-hybridized carbons (Fsp3) is 0.538. The van der Waals surface area contributed by atoms with Gasteiger partial charge in [-0.2, -0.15) is 0 Å². The lowest BCUT2D eigenvalue weighted by atomic mass is 10.0. The molecule has 1 aliphatic heterocycles. The molecule has 3 heteroatoms. The van der Waals surface area contributed by atoms with Crippen LogP contribution in [0.5, 0.6) is 5.75 Å². The molecule has 1 aromatic rings. The van der Waals surface area contributed by atoms with Crippen molar-refractivity contribution in [3.8, 4) is 5.75 Å². The molecule has 1 aromatic carbocycles. The molecule has 0 amide bonds. The molecule has 3 N–H and O–H groups in total. The summed E-state index contributed by atoms with van der Waals surface area (Å²) in [6.07, 6.45) is 3.77. The monoisotopic (exact) mass is 220 g/mol. The van der Waals surface area contributed by atoms with E-state index >= 15 is 0 Å². The molecule has 1 aliphatic rings. The summed E-state index contributed by atoms with van der Waals surface area (Å²) in [5.74, 6) is 0.324. The molecule has 0 saturated carbocycles. The summed E-state index contributed by atoms with van der Waals surface area (Å²) in [6, 6.07) is 5.50. The summed E-state index contributed by atoms with van der Waals surface area (Å²) in [5, 5.41) is 9.58. The van der Waals surface area contributed by atoms with E-state index in [0.29, 0.717) is 5.75 Å². The molecule has 0 spiro atoms. The highest BCUT2D eigenvalue weighted by Gasteiger charge is 2.16. The van der Waals surface area contributed by atoms with Crippen LogP contribution in [0.1, 0.15) is 37.8 Å². The van der Waals surface area contributed by atoms with Crippen LogP contribution in [0.4, 0.5) is 5.69 Å². The van der Waals surface area contributed by atoms with Gasteiger partial charge in [-0.1, -0.05) is 6.07 Å². The number of nitrogens with two attached hydrogens (primary N) is 1. The highest BCUT2D eigenvalue weighted by Crippen LogP contribution is 2.30. The van der Waals surface area contributed by atoms with Gasteiger partial charge >= 0.3 is 0 Å². The van der Waals surface area contributed by atoms with Gasteiger partial charge in [0, 0.05) is 30.9 Å². The van der Waals surface area contributed by atoms with Crippen LogP contribution in [0, 0.1) is 0 Å². The lowest BCUT2D eigenvalue weighted by molar-refractivity contribution is 0.474. The molecule has 88 valence electrons. The Balaban J connectivity index is 2.32. The normalized spacial score (nSPS) is 18.5. The third-order valence-corrected chi connectivity index (χ3v) is 3.20. The number of aromatic hydroxyl groups is 1. The van der Waals surface area contributed by atoms with Gasteiger partial charge in [0.1, 0.15) is 5.75 Å². The number of phenolic OH excluding ortho intramolecular Hbond substituents is 1. The lowest BCUT2D eigenvalue weighted by Crippen LogP contribution is -2.30. The Morgan fingerprint density at radius 1 is 1.25 bits per heavy atom. The smallest absolute Gasteiger partial charge is 0.117 e. The van der Waals surface area contributed by atoms with Gasteiger partial charge in [0.25, 0.3) is 0 Å². The molecule has 1 unspecified atom stereocenters. The van der Waals surface area contributed by atoms with E-state index in [9.17, 15) is 5.11 Å². The van der Waals surface area contributed by atoms with Crippen LogP contribution in [0.25, 0.3) is 0 Å². The Labute approximate surface area is 96.9 Å². The second kappa shape index (κ2) is 4.74. The molecule has 1 atom stereocenters. The fourth-order valence-electron chi connectivity index (χ4n) is 2.33. The van der Waals surface area contributed by atoms with Crippen LogP contribution in [0.2, 0.25) is 0 Å². The van der Waals surface area contributed by atoms with Crippen LogP contribution in [0.15, 0.2) is 18.2 Å². The minimum Gasteiger partial charge on any atom is -0.508 e. The van der Waals surface area contributed by atoms with E-state index in [1.165, 1.54) is 19.3 Å². The van der Waals surface area contributed by atoms with Gasteiger partial charge in [-0.15, -0.1) is 0 Å². The molecular formula is C13H20N2O. The largest absolute Gasteiger partial charge is 0.508 e. The van der Waals surface area contributed by atoms with Crippen molar-refractivity contribution in [3.05, 3.63) is 23.8 Å². The average Bonchev–Trinajstić information content (AvgIpc) is 2.29. The number of piperidine rings is 1. The third kappa shape index (κ3) is 2.30. The summed E-state index contributed by atoms with van der Waals surface area (Å²) in [7, 11) is 0. The molecule has 1 saturated heterocycles. The number of anilines is 1. The Hall–Kier alpha value is -1.22. The second-order valence-corrected chi connectivity index (χ2v) is 4.58. The maximum Gasteiger partial charge on any atom is 0.117 e. The van der Waals surface area contributed by atoms with Gasteiger partial charge in [-0.3, -0.25) is 0 Å². The predicted molar refractivity (Wildman–Crippen MR) is 66.8 cm³/mol. The fourth-order valence-corrected chi connectivity index (χ4v) is 2.33. The minimum atomic E-state index is 0.0116. The first-order valence-electron chi connectivity index (χ1n) is 6.02. The highest BCUT2D eigenvalue weighted by atomic mass is 16.3. The molecule has 0 aromatic heterocycles. The Bertz CT molecular complexity index is 357. The van der Waals surface area contributed by atoms with E-state index in [4.69, 9.17) is 5.73 Å². The molecule has 16 heavy (non-hydrogen) atoms. The third-order valence-electron chi connectivity index (χ3n) is 3.20. The molecule has 2 rings (SSSR count). The Morgan fingerprint density at radius 3 is 2.56 bits per heavy atom. The zero-order valence-corrected chi connectivity index (χ0v) is 9.82. The van der Waals surface area contributed by atoms with Gasteiger partial charge in [-0.05, 0) is 37.8 Å². The molecule has 3 nitrogen and oxygen atoms in total. The van der Waals surface area contributed by atoms with Gasteiger partial charge in [0.2, 0.25) is 0 Å². The quantitative estimate of drug-likeness (QED) is 0.804. The van der Waals surface area contributed by atoms with E-state index in [1.54, 1.807) is 6.07 Å². The molecule has 0 radical (unpaired) electrons. The molecule has 0 aliphatic carbocycles. The van der Waals surface area contributed by atoms with Crippen molar-refractivity contribution in [1.82, 2.24) is 0 Å². The molecule has 1 fully saturated rings. The molecule has 0 bridgehead atoms. The number of benzene rings is 1. The van der Waals surface area contributed by atoms with E-state index in [2.05, 4.69) is 4.90 Å². The maximum absolute atomic E-state index is 9.58. The lowest BCUT2D eigenvalue weighted by Gasteiger charge is -2.31. The van der Waals surface area contributed by atoms with Crippen LogP contribution < -0.4 is 10.6 Å². The highest BCUT2D eigenvalue weighted by molar-refractivity contribution is 5.58. The van der Waals surface area contributed by atoms with Gasteiger partial charge in [0.05, 0.1) is 0 Å². The van der Waals surface area contributed by atoms with Crippen molar-refractivity contribution in [2.24, 2.45) is 5.73 Å². The van der Waals surface area contributed by atoms with Crippen molar-refractivity contribution in [2.45, 2.75) is 32.2 Å². The summed E-state index contributed by atoms with van der Waals surface area (Å²) in [6.45, 7) is 4.13. The van der Waals surface area contributed by atoms with E-state index in [0.717, 1.165) is 24.3 Å². The molecular weight excluding hydrogens is 200 g/mol. The van der Waals surface area contributed by atoms with Crippen LogP contribution in [-0.4, -0.2) is 18.2 Å². The summed E-state index contributed by atoms with van der Waals surface area (Å²) < 4.78 is 0. The van der Waals surface area contributed by atoms with Gasteiger partial charge in [0.15, 0.2) is 0 Å². The first-order valence-corrected chi connectivity index (χ1v) is 6.02. The maximum atomic E-state index is 9.58. The zero-order chi connectivity index (χ0) is 11.5.